The average Bonchev–Trinajstić information content (AvgIpc) is 3.38. The lowest BCUT2D eigenvalue weighted by molar-refractivity contribution is -0.306. The molecular formula is C25H31N3O9S. The molecule has 0 aliphatic carbocycles. The van der Waals surface area contributed by atoms with Crippen LogP contribution in [0.2, 0.25) is 0 Å². The summed E-state index contributed by atoms with van der Waals surface area (Å²) in [4.78, 5) is 25.2. The third-order valence-electron chi connectivity index (χ3n) is 6.24. The molecule has 4 rings (SSSR count). The third-order valence-corrected chi connectivity index (χ3v) is 7.11. The van der Waals surface area contributed by atoms with Gasteiger partial charge in [0.25, 0.3) is 0 Å². The first-order valence-electron chi connectivity index (χ1n) is 11.9. The van der Waals surface area contributed by atoms with Gasteiger partial charge in [-0.2, -0.15) is 0 Å². The highest BCUT2D eigenvalue weighted by Gasteiger charge is 2.50. The summed E-state index contributed by atoms with van der Waals surface area (Å²) in [6.45, 7) is 6.85. The SMILES string of the molecule is CO[C@@H]1[C@@H](O)[C@@H](O)[C@H](Oc2ccc3c(O)c(C(C)=NOCCSc4ncc[nH]4)c(=O)oc3c2C)OC1(C)C. The number of aliphatic hydroxyl groups excluding tert-OH is 2. The lowest BCUT2D eigenvalue weighted by atomic mass is 9.89. The Hall–Kier alpha value is -3.10. The summed E-state index contributed by atoms with van der Waals surface area (Å²) >= 11 is 1.45. The zero-order chi connectivity index (χ0) is 27.6. The Morgan fingerprint density at radius 2 is 2.05 bits per heavy atom. The standard InChI is InChI=1S/C25H31N3O9S/c1-12-15(35-23-19(31)18(30)21(33-5)25(3,4)37-23)7-6-14-17(29)16(22(32)36-20(12)14)13(2)28-34-10-11-38-24-26-8-9-27-24/h6-9,18-19,21,23,29-31H,10-11H2,1-5H3,(H,26,27)/t18-,19+,21+,23+/m0/s1. The molecule has 4 N–H and O–H groups in total. The molecular weight excluding hydrogens is 518 g/mol. The lowest BCUT2D eigenvalue weighted by Crippen LogP contribution is -2.63. The first-order valence-corrected chi connectivity index (χ1v) is 12.9. The molecule has 0 spiro atoms. The maximum atomic E-state index is 12.8. The summed E-state index contributed by atoms with van der Waals surface area (Å²) in [5.41, 5.74) is -1.25. The van der Waals surface area contributed by atoms with E-state index < -0.39 is 35.8 Å². The van der Waals surface area contributed by atoms with E-state index in [-0.39, 0.29) is 40.4 Å². The Morgan fingerprint density at radius 1 is 1.29 bits per heavy atom. The van der Waals surface area contributed by atoms with Crippen LogP contribution in [-0.4, -0.2) is 80.7 Å². The molecule has 0 amide bonds. The van der Waals surface area contributed by atoms with E-state index in [0.717, 1.165) is 5.16 Å². The Kier molecular flexibility index (Phi) is 8.33. The average molecular weight is 550 g/mol. The minimum absolute atomic E-state index is 0.0946. The van der Waals surface area contributed by atoms with Crippen molar-refractivity contribution in [1.29, 1.82) is 0 Å². The van der Waals surface area contributed by atoms with Crippen molar-refractivity contribution in [3.05, 3.63) is 46.1 Å². The summed E-state index contributed by atoms with van der Waals surface area (Å²) < 4.78 is 22.6. The van der Waals surface area contributed by atoms with Crippen LogP contribution in [-0.2, 0) is 14.3 Å². The molecule has 1 aliphatic rings. The number of rotatable bonds is 9. The fourth-order valence-corrected chi connectivity index (χ4v) is 4.97. The highest BCUT2D eigenvalue weighted by Crippen LogP contribution is 2.37. The van der Waals surface area contributed by atoms with Crippen molar-refractivity contribution < 1.29 is 38.8 Å². The molecule has 13 heteroatoms. The van der Waals surface area contributed by atoms with Crippen LogP contribution in [0.25, 0.3) is 11.0 Å². The van der Waals surface area contributed by atoms with Gasteiger partial charge in [-0.25, -0.2) is 9.78 Å². The van der Waals surface area contributed by atoms with Gasteiger partial charge in [0.05, 0.1) is 16.7 Å². The number of aromatic amines is 1. The molecule has 206 valence electrons. The van der Waals surface area contributed by atoms with Crippen LogP contribution in [0.4, 0.5) is 0 Å². The number of thioether (sulfide) groups is 1. The van der Waals surface area contributed by atoms with Gasteiger partial charge in [0.2, 0.25) is 6.29 Å². The number of nitrogens with one attached hydrogen (secondary N) is 1. The van der Waals surface area contributed by atoms with Gasteiger partial charge in [-0.1, -0.05) is 16.9 Å². The number of nitrogens with zero attached hydrogens (tertiary/aromatic N) is 2. The molecule has 1 fully saturated rings. The zero-order valence-corrected chi connectivity index (χ0v) is 22.4. The Morgan fingerprint density at radius 3 is 2.74 bits per heavy atom. The van der Waals surface area contributed by atoms with Crippen molar-refractivity contribution >= 4 is 28.4 Å². The molecule has 4 atom stereocenters. The lowest BCUT2D eigenvalue weighted by Gasteiger charge is -2.46. The van der Waals surface area contributed by atoms with Crippen molar-refractivity contribution in [1.82, 2.24) is 9.97 Å². The first kappa shape index (κ1) is 27.9. The van der Waals surface area contributed by atoms with Gasteiger partial charge >= 0.3 is 5.63 Å². The minimum atomic E-state index is -1.40. The number of methoxy groups -OCH3 is 1. The highest BCUT2D eigenvalue weighted by molar-refractivity contribution is 7.99. The summed E-state index contributed by atoms with van der Waals surface area (Å²) in [6, 6.07) is 3.07. The van der Waals surface area contributed by atoms with Crippen LogP contribution in [0.1, 0.15) is 31.9 Å². The molecule has 3 aromatic rings. The van der Waals surface area contributed by atoms with Crippen molar-refractivity contribution in [3.8, 4) is 11.5 Å². The van der Waals surface area contributed by atoms with Crippen LogP contribution < -0.4 is 10.4 Å². The molecule has 0 bridgehead atoms. The Labute approximate surface area is 222 Å². The third kappa shape index (κ3) is 5.52. The number of hydrogen-bond donors (Lipinski definition) is 4. The molecule has 2 aromatic heterocycles. The smallest absolute Gasteiger partial charge is 0.349 e. The van der Waals surface area contributed by atoms with E-state index in [0.29, 0.717) is 11.3 Å². The van der Waals surface area contributed by atoms with Crippen LogP contribution in [0.5, 0.6) is 11.5 Å². The minimum Gasteiger partial charge on any atom is -0.506 e. The summed E-state index contributed by atoms with van der Waals surface area (Å²) in [7, 11) is 1.42. The normalized spacial score (nSPS) is 23.5. The van der Waals surface area contributed by atoms with E-state index in [9.17, 15) is 20.1 Å². The van der Waals surface area contributed by atoms with Gasteiger partial charge in [-0.3, -0.25) is 0 Å². The molecule has 3 heterocycles. The monoisotopic (exact) mass is 549 g/mol. The number of H-pyrrole nitrogens is 1. The van der Waals surface area contributed by atoms with Crippen LogP contribution in [0, 0.1) is 6.92 Å². The topological polar surface area (TPSA) is 169 Å². The number of fused-ring (bicyclic) bond motifs is 1. The number of aromatic hydroxyl groups is 1. The van der Waals surface area contributed by atoms with Crippen LogP contribution in [0.3, 0.4) is 0 Å². The molecule has 38 heavy (non-hydrogen) atoms. The van der Waals surface area contributed by atoms with E-state index in [1.807, 2.05) is 0 Å². The molecule has 12 nitrogen and oxygen atoms in total. The first-order chi connectivity index (χ1) is 18.0. The zero-order valence-electron chi connectivity index (χ0n) is 21.6. The van der Waals surface area contributed by atoms with Crippen LogP contribution >= 0.6 is 11.8 Å². The number of benzene rings is 1. The number of hydrogen-bond acceptors (Lipinski definition) is 12. The number of aromatic nitrogens is 2. The molecule has 1 aliphatic heterocycles. The van der Waals surface area contributed by atoms with E-state index in [4.69, 9.17) is 23.5 Å². The predicted octanol–water partition coefficient (Wildman–Crippen LogP) is 2.31. The van der Waals surface area contributed by atoms with Gasteiger partial charge < -0.3 is 43.8 Å². The summed E-state index contributed by atoms with van der Waals surface area (Å²) in [6.07, 6.45) is -1.28. The van der Waals surface area contributed by atoms with E-state index >= 15 is 0 Å². The molecule has 0 unspecified atom stereocenters. The molecule has 0 saturated carbocycles. The van der Waals surface area contributed by atoms with E-state index in [1.165, 1.54) is 31.9 Å². The molecule has 0 radical (unpaired) electrons. The van der Waals surface area contributed by atoms with Gasteiger partial charge in [-0.15, -0.1) is 0 Å². The summed E-state index contributed by atoms with van der Waals surface area (Å²) in [5, 5.41) is 36.9. The number of aryl methyl sites for hydroxylation is 1. The van der Waals surface area contributed by atoms with Gasteiger partial charge in [0.1, 0.15) is 47.6 Å². The molecule has 1 aromatic carbocycles. The maximum absolute atomic E-state index is 12.8. The summed E-state index contributed by atoms with van der Waals surface area (Å²) in [5.74, 6) is 0.497. The van der Waals surface area contributed by atoms with Gasteiger partial charge in [0.15, 0.2) is 5.16 Å². The number of oxime groups is 1. The second kappa shape index (κ2) is 11.3. The number of imidazole rings is 1. The number of ether oxygens (including phenoxy) is 3. The fourth-order valence-electron chi connectivity index (χ4n) is 4.34. The Balaban J connectivity index is 1.53. The van der Waals surface area contributed by atoms with Crippen molar-refractivity contribution in [2.75, 3.05) is 19.5 Å². The predicted molar refractivity (Wildman–Crippen MR) is 139 cm³/mol. The second-order valence-corrected chi connectivity index (χ2v) is 10.4. The highest BCUT2D eigenvalue weighted by atomic mass is 32.2. The second-order valence-electron chi connectivity index (χ2n) is 9.28. The van der Waals surface area contributed by atoms with Crippen LogP contribution in [0.15, 0.2) is 44.1 Å². The Bertz CT molecular complexity index is 1360. The van der Waals surface area contributed by atoms with Gasteiger partial charge in [0, 0.05) is 30.8 Å². The largest absolute Gasteiger partial charge is 0.506 e. The van der Waals surface area contributed by atoms with E-state index in [2.05, 4.69) is 15.1 Å². The maximum Gasteiger partial charge on any atom is 0.349 e. The van der Waals surface area contributed by atoms with Crippen molar-refractivity contribution in [3.63, 3.8) is 0 Å². The fraction of sp³-hybridized carbons (Fsp3) is 0.480. The molecule has 1 saturated heterocycles. The van der Waals surface area contributed by atoms with Gasteiger partial charge in [-0.05, 0) is 39.8 Å². The van der Waals surface area contributed by atoms with Crippen molar-refractivity contribution in [2.24, 2.45) is 5.16 Å². The van der Waals surface area contributed by atoms with E-state index in [1.54, 1.807) is 39.2 Å². The quantitative estimate of drug-likeness (QED) is 0.102. The van der Waals surface area contributed by atoms with Crippen molar-refractivity contribution in [2.45, 2.75) is 63.1 Å². The number of aliphatic hydroxyl groups is 2.